The van der Waals surface area contributed by atoms with E-state index in [2.05, 4.69) is 15.3 Å². The van der Waals surface area contributed by atoms with E-state index < -0.39 is 0 Å². The summed E-state index contributed by atoms with van der Waals surface area (Å²) >= 11 is 0. The molecule has 0 amide bonds. The first-order valence-electron chi connectivity index (χ1n) is 6.90. The molecule has 1 aromatic rings. The Hall–Kier alpha value is -0.870. The van der Waals surface area contributed by atoms with Crippen molar-refractivity contribution in [2.75, 3.05) is 19.7 Å². The van der Waals surface area contributed by atoms with Crippen molar-refractivity contribution in [2.45, 2.75) is 39.5 Å². The van der Waals surface area contributed by atoms with E-state index >= 15 is 0 Å². The van der Waals surface area contributed by atoms with Gasteiger partial charge in [0.15, 0.2) is 0 Å². The summed E-state index contributed by atoms with van der Waals surface area (Å²) in [5.74, 6) is 0.870. The van der Waals surface area contributed by atoms with Crippen molar-refractivity contribution < 1.29 is 4.74 Å². The number of piperidine rings is 1. The van der Waals surface area contributed by atoms with E-state index in [9.17, 15) is 0 Å². The third-order valence-electron chi connectivity index (χ3n) is 3.41. The second-order valence-corrected chi connectivity index (χ2v) is 5.12. The summed E-state index contributed by atoms with van der Waals surface area (Å²) in [5, 5.41) is 3.39. The molecule has 1 aliphatic rings. The average Bonchev–Trinajstić information content (AvgIpc) is 2.35. The monoisotopic (exact) mass is 285 g/mol. The van der Waals surface area contributed by atoms with Crippen molar-refractivity contribution in [3.8, 4) is 6.01 Å². The molecule has 108 valence electrons. The van der Waals surface area contributed by atoms with Gasteiger partial charge in [-0.25, -0.2) is 9.97 Å². The second kappa shape index (κ2) is 8.33. The molecule has 0 unspecified atom stereocenters. The predicted molar refractivity (Wildman–Crippen MR) is 79.1 cm³/mol. The summed E-state index contributed by atoms with van der Waals surface area (Å²) in [6.45, 7) is 7.01. The molecule has 0 radical (unpaired) electrons. The van der Waals surface area contributed by atoms with Crippen LogP contribution in [0.2, 0.25) is 0 Å². The van der Waals surface area contributed by atoms with Gasteiger partial charge in [0.25, 0.3) is 0 Å². The molecule has 1 aliphatic heterocycles. The molecule has 5 heteroatoms. The second-order valence-electron chi connectivity index (χ2n) is 5.12. The number of nitrogens with one attached hydrogen (secondary N) is 1. The zero-order valence-electron chi connectivity index (χ0n) is 11.8. The Kier molecular flexibility index (Phi) is 7.10. The summed E-state index contributed by atoms with van der Waals surface area (Å²) < 4.78 is 5.62. The van der Waals surface area contributed by atoms with Crippen molar-refractivity contribution in [1.82, 2.24) is 15.3 Å². The number of hydrogen-bond donors (Lipinski definition) is 1. The summed E-state index contributed by atoms with van der Waals surface area (Å²) in [5.41, 5.74) is 1.94. The third kappa shape index (κ3) is 5.74. The molecule has 19 heavy (non-hydrogen) atoms. The van der Waals surface area contributed by atoms with E-state index in [4.69, 9.17) is 4.74 Å². The fourth-order valence-corrected chi connectivity index (χ4v) is 2.46. The third-order valence-corrected chi connectivity index (χ3v) is 3.41. The molecular formula is C14H24ClN3O. The molecule has 2 rings (SSSR count). The maximum absolute atomic E-state index is 5.62. The molecule has 0 saturated carbocycles. The van der Waals surface area contributed by atoms with Crippen LogP contribution in [0.5, 0.6) is 6.01 Å². The molecule has 0 atom stereocenters. The fourth-order valence-electron chi connectivity index (χ4n) is 2.46. The lowest BCUT2D eigenvalue weighted by molar-refractivity contribution is 0.257. The van der Waals surface area contributed by atoms with Crippen LogP contribution in [-0.2, 0) is 0 Å². The maximum Gasteiger partial charge on any atom is 0.316 e. The Morgan fingerprint density at radius 1 is 1.21 bits per heavy atom. The van der Waals surface area contributed by atoms with Crippen molar-refractivity contribution in [3.05, 3.63) is 17.5 Å². The summed E-state index contributed by atoms with van der Waals surface area (Å²) in [6.07, 6.45) is 4.97. The molecule has 0 aliphatic carbocycles. The normalized spacial score (nSPS) is 15.9. The van der Waals surface area contributed by atoms with Gasteiger partial charge in [-0.1, -0.05) is 0 Å². The van der Waals surface area contributed by atoms with Crippen molar-refractivity contribution in [3.63, 3.8) is 0 Å². The Balaban J connectivity index is 0.00000180. The van der Waals surface area contributed by atoms with E-state index in [1.807, 2.05) is 19.9 Å². The van der Waals surface area contributed by atoms with Gasteiger partial charge in [0, 0.05) is 11.4 Å². The highest BCUT2D eigenvalue weighted by molar-refractivity contribution is 5.85. The van der Waals surface area contributed by atoms with E-state index in [0.717, 1.165) is 30.3 Å². The molecule has 0 spiro atoms. The van der Waals surface area contributed by atoms with Crippen LogP contribution >= 0.6 is 12.4 Å². The van der Waals surface area contributed by atoms with Gasteiger partial charge in [0.1, 0.15) is 0 Å². The number of aryl methyl sites for hydroxylation is 2. The van der Waals surface area contributed by atoms with E-state index in [1.165, 1.54) is 32.4 Å². The number of nitrogens with zero attached hydrogens (tertiary/aromatic N) is 2. The lowest BCUT2D eigenvalue weighted by atomic mass is 9.93. The fraction of sp³-hybridized carbons (Fsp3) is 0.714. The van der Waals surface area contributed by atoms with Crippen LogP contribution in [0.3, 0.4) is 0 Å². The Morgan fingerprint density at radius 2 is 1.84 bits per heavy atom. The summed E-state index contributed by atoms with van der Waals surface area (Å²) in [6, 6.07) is 2.49. The van der Waals surface area contributed by atoms with Crippen LogP contribution in [-0.4, -0.2) is 29.7 Å². The first kappa shape index (κ1) is 16.2. The molecule has 1 saturated heterocycles. The molecular weight excluding hydrogens is 262 g/mol. The lowest BCUT2D eigenvalue weighted by Crippen LogP contribution is -2.27. The molecule has 1 N–H and O–H groups in total. The largest absolute Gasteiger partial charge is 0.463 e. The number of rotatable bonds is 5. The minimum absolute atomic E-state index is 0. The zero-order chi connectivity index (χ0) is 12.8. The highest BCUT2D eigenvalue weighted by Gasteiger charge is 2.12. The minimum Gasteiger partial charge on any atom is -0.463 e. The zero-order valence-corrected chi connectivity index (χ0v) is 12.6. The standard InChI is InChI=1S/C14H23N3O.ClH/c1-11-10-12(2)17-14(16-11)18-9-3-4-13-5-7-15-8-6-13;/h10,13,15H,3-9H2,1-2H3;1H. The predicted octanol–water partition coefficient (Wildman–Crippen LogP) is 2.67. The van der Waals surface area contributed by atoms with E-state index in [1.54, 1.807) is 0 Å². The van der Waals surface area contributed by atoms with Gasteiger partial charge in [0.05, 0.1) is 6.61 Å². The van der Waals surface area contributed by atoms with Crippen LogP contribution in [0.15, 0.2) is 6.07 Å². The van der Waals surface area contributed by atoms with Crippen LogP contribution in [0.1, 0.15) is 37.1 Å². The van der Waals surface area contributed by atoms with E-state index in [0.29, 0.717) is 6.01 Å². The van der Waals surface area contributed by atoms with Crippen molar-refractivity contribution in [2.24, 2.45) is 5.92 Å². The van der Waals surface area contributed by atoms with Gasteiger partial charge >= 0.3 is 6.01 Å². The SMILES string of the molecule is Cc1cc(C)nc(OCCCC2CCNCC2)n1.Cl. The first-order valence-corrected chi connectivity index (χ1v) is 6.90. The van der Waals surface area contributed by atoms with Crippen molar-refractivity contribution >= 4 is 12.4 Å². The average molecular weight is 286 g/mol. The van der Waals surface area contributed by atoms with Crippen LogP contribution in [0.4, 0.5) is 0 Å². The highest BCUT2D eigenvalue weighted by atomic mass is 35.5. The summed E-state index contributed by atoms with van der Waals surface area (Å²) in [4.78, 5) is 8.55. The first-order chi connectivity index (χ1) is 8.74. The molecule has 0 aromatic carbocycles. The van der Waals surface area contributed by atoms with E-state index in [-0.39, 0.29) is 12.4 Å². The molecule has 4 nitrogen and oxygen atoms in total. The lowest BCUT2D eigenvalue weighted by Gasteiger charge is -2.22. The van der Waals surface area contributed by atoms with Gasteiger partial charge in [0.2, 0.25) is 0 Å². The van der Waals surface area contributed by atoms with Gasteiger partial charge in [-0.3, -0.25) is 0 Å². The van der Waals surface area contributed by atoms with Crippen LogP contribution < -0.4 is 10.1 Å². The highest BCUT2D eigenvalue weighted by Crippen LogP contribution is 2.17. The summed E-state index contributed by atoms with van der Waals surface area (Å²) in [7, 11) is 0. The van der Waals surface area contributed by atoms with Crippen LogP contribution in [0.25, 0.3) is 0 Å². The Morgan fingerprint density at radius 3 is 2.47 bits per heavy atom. The van der Waals surface area contributed by atoms with Gasteiger partial charge in [-0.15, -0.1) is 12.4 Å². The van der Waals surface area contributed by atoms with Crippen LogP contribution in [0, 0.1) is 19.8 Å². The Bertz CT molecular complexity index is 361. The quantitative estimate of drug-likeness (QED) is 0.845. The molecule has 1 aromatic heterocycles. The Labute approximate surface area is 121 Å². The smallest absolute Gasteiger partial charge is 0.316 e. The molecule has 1 fully saturated rings. The molecule has 0 bridgehead atoms. The minimum atomic E-state index is 0. The van der Waals surface area contributed by atoms with Crippen molar-refractivity contribution in [1.29, 1.82) is 0 Å². The number of ether oxygens (including phenoxy) is 1. The van der Waals surface area contributed by atoms with Gasteiger partial charge < -0.3 is 10.1 Å². The number of aromatic nitrogens is 2. The molecule has 2 heterocycles. The topological polar surface area (TPSA) is 47.0 Å². The van der Waals surface area contributed by atoms with Gasteiger partial charge in [-0.05, 0) is 64.6 Å². The number of hydrogen-bond acceptors (Lipinski definition) is 4. The van der Waals surface area contributed by atoms with Gasteiger partial charge in [-0.2, -0.15) is 0 Å². The number of halogens is 1. The maximum atomic E-state index is 5.62.